The Kier molecular flexibility index (Phi) is 5.52. The van der Waals surface area contributed by atoms with Gasteiger partial charge in [-0.2, -0.15) is 5.26 Å². The van der Waals surface area contributed by atoms with Crippen LogP contribution in [0, 0.1) is 17.2 Å². The van der Waals surface area contributed by atoms with Crippen molar-refractivity contribution in [2.75, 3.05) is 13.2 Å². The van der Waals surface area contributed by atoms with Gasteiger partial charge >= 0.3 is 0 Å². The lowest BCUT2D eigenvalue weighted by Gasteiger charge is -2.10. The molecular formula is C20H19NOS. The van der Waals surface area contributed by atoms with Crippen molar-refractivity contribution in [3.63, 3.8) is 0 Å². The maximum absolute atomic E-state index is 8.82. The molecule has 3 heteroatoms. The topological polar surface area (TPSA) is 33.0 Å². The monoisotopic (exact) mass is 321 g/mol. The zero-order valence-corrected chi connectivity index (χ0v) is 13.8. The molecule has 0 N–H and O–H groups in total. The number of nitriles is 1. The molecule has 116 valence electrons. The number of thioether (sulfide) groups is 1. The summed E-state index contributed by atoms with van der Waals surface area (Å²) in [4.78, 5) is 0. The summed E-state index contributed by atoms with van der Waals surface area (Å²) >= 11 is 1.81. The molecule has 2 aromatic rings. The first kappa shape index (κ1) is 15.9. The molecule has 0 aliphatic carbocycles. The molecule has 0 amide bonds. The van der Waals surface area contributed by atoms with Gasteiger partial charge in [-0.3, -0.25) is 0 Å². The average molecular weight is 321 g/mol. The molecule has 23 heavy (non-hydrogen) atoms. The van der Waals surface area contributed by atoms with E-state index in [0.29, 0.717) is 11.5 Å². The SMILES string of the molecule is N#Cc1ccc(CS/C=C2/COCC2Cc2ccccc2)cc1. The van der Waals surface area contributed by atoms with E-state index in [1.54, 1.807) is 11.8 Å². The molecule has 1 unspecified atom stereocenters. The largest absolute Gasteiger partial charge is 0.376 e. The Hall–Kier alpha value is -2.02. The highest BCUT2D eigenvalue weighted by molar-refractivity contribution is 8.01. The second kappa shape index (κ2) is 8.01. The van der Waals surface area contributed by atoms with Crippen LogP contribution in [-0.4, -0.2) is 13.2 Å². The first-order valence-corrected chi connectivity index (χ1v) is 8.81. The molecule has 0 bridgehead atoms. The molecule has 1 atom stereocenters. The Morgan fingerprint density at radius 1 is 1.09 bits per heavy atom. The third kappa shape index (κ3) is 4.48. The number of nitrogens with zero attached hydrogens (tertiary/aromatic N) is 1. The molecule has 1 saturated heterocycles. The first-order chi connectivity index (χ1) is 11.3. The fourth-order valence-electron chi connectivity index (χ4n) is 2.68. The molecule has 0 spiro atoms. The summed E-state index contributed by atoms with van der Waals surface area (Å²) in [6, 6.07) is 20.5. The normalized spacial score (nSPS) is 18.9. The van der Waals surface area contributed by atoms with Crippen molar-refractivity contribution < 1.29 is 4.74 Å². The summed E-state index contributed by atoms with van der Waals surface area (Å²) < 4.78 is 5.66. The lowest BCUT2D eigenvalue weighted by molar-refractivity contribution is 0.188. The van der Waals surface area contributed by atoms with Crippen LogP contribution in [0.5, 0.6) is 0 Å². The van der Waals surface area contributed by atoms with Gasteiger partial charge in [0.05, 0.1) is 24.8 Å². The maximum Gasteiger partial charge on any atom is 0.0991 e. The van der Waals surface area contributed by atoms with E-state index in [1.165, 1.54) is 16.7 Å². The first-order valence-electron chi connectivity index (χ1n) is 7.76. The number of ether oxygens (including phenoxy) is 1. The van der Waals surface area contributed by atoms with Crippen molar-refractivity contribution >= 4 is 11.8 Å². The van der Waals surface area contributed by atoms with Crippen molar-refractivity contribution in [3.05, 3.63) is 82.3 Å². The highest BCUT2D eigenvalue weighted by Gasteiger charge is 2.21. The minimum absolute atomic E-state index is 0.492. The van der Waals surface area contributed by atoms with Crippen LogP contribution in [-0.2, 0) is 16.9 Å². The predicted octanol–water partition coefficient (Wildman–Crippen LogP) is 4.56. The van der Waals surface area contributed by atoms with Crippen LogP contribution in [0.25, 0.3) is 0 Å². The quantitative estimate of drug-likeness (QED) is 0.809. The van der Waals surface area contributed by atoms with E-state index in [1.807, 2.05) is 24.3 Å². The number of benzene rings is 2. The fourth-order valence-corrected chi connectivity index (χ4v) is 3.63. The third-order valence-electron chi connectivity index (χ3n) is 4.00. The predicted molar refractivity (Wildman–Crippen MR) is 95.0 cm³/mol. The molecule has 1 fully saturated rings. The van der Waals surface area contributed by atoms with Gasteiger partial charge in [-0.1, -0.05) is 42.5 Å². The molecule has 1 aliphatic rings. The van der Waals surface area contributed by atoms with Crippen LogP contribution in [0.1, 0.15) is 16.7 Å². The standard InChI is InChI=1S/C20H19NOS/c21-11-17-6-8-18(9-7-17)14-23-15-20-13-22-12-19(20)10-16-4-2-1-3-5-16/h1-9,15,19H,10,12-14H2/b20-15-. The van der Waals surface area contributed by atoms with E-state index in [-0.39, 0.29) is 0 Å². The van der Waals surface area contributed by atoms with Crippen molar-refractivity contribution in [3.8, 4) is 6.07 Å². The van der Waals surface area contributed by atoms with Gasteiger partial charge < -0.3 is 4.74 Å². The van der Waals surface area contributed by atoms with Gasteiger partial charge in [0.1, 0.15) is 0 Å². The minimum Gasteiger partial charge on any atom is -0.376 e. The summed E-state index contributed by atoms with van der Waals surface area (Å²) in [6.07, 6.45) is 1.05. The van der Waals surface area contributed by atoms with Crippen molar-refractivity contribution in [2.24, 2.45) is 5.92 Å². The van der Waals surface area contributed by atoms with E-state index in [4.69, 9.17) is 10.00 Å². The zero-order valence-electron chi connectivity index (χ0n) is 12.9. The van der Waals surface area contributed by atoms with E-state index < -0.39 is 0 Å². The van der Waals surface area contributed by atoms with Crippen LogP contribution < -0.4 is 0 Å². The smallest absolute Gasteiger partial charge is 0.0991 e. The molecule has 0 aromatic heterocycles. The molecule has 1 heterocycles. The maximum atomic E-state index is 8.82. The van der Waals surface area contributed by atoms with Crippen molar-refractivity contribution in [2.45, 2.75) is 12.2 Å². The average Bonchev–Trinajstić information content (AvgIpc) is 3.03. The molecule has 2 aromatic carbocycles. The fraction of sp³-hybridized carbons (Fsp3) is 0.250. The van der Waals surface area contributed by atoms with Crippen LogP contribution in [0.4, 0.5) is 0 Å². The highest BCUT2D eigenvalue weighted by Crippen LogP contribution is 2.27. The Morgan fingerprint density at radius 3 is 2.61 bits per heavy atom. The molecule has 1 aliphatic heterocycles. The van der Waals surface area contributed by atoms with Crippen LogP contribution in [0.15, 0.2) is 65.6 Å². The lowest BCUT2D eigenvalue weighted by Crippen LogP contribution is -2.06. The van der Waals surface area contributed by atoms with Crippen molar-refractivity contribution in [1.29, 1.82) is 5.26 Å². The Labute approximate surface area is 141 Å². The van der Waals surface area contributed by atoms with E-state index >= 15 is 0 Å². The Balaban J connectivity index is 1.56. The van der Waals surface area contributed by atoms with E-state index in [2.05, 4.69) is 41.8 Å². The molecular weight excluding hydrogens is 302 g/mol. The van der Waals surface area contributed by atoms with Gasteiger partial charge in [-0.25, -0.2) is 0 Å². The third-order valence-corrected chi connectivity index (χ3v) is 4.97. The second-order valence-electron chi connectivity index (χ2n) is 5.71. The summed E-state index contributed by atoms with van der Waals surface area (Å²) in [5, 5.41) is 11.1. The van der Waals surface area contributed by atoms with Crippen LogP contribution in [0.3, 0.4) is 0 Å². The number of hydrogen-bond acceptors (Lipinski definition) is 3. The second-order valence-corrected chi connectivity index (χ2v) is 6.57. The van der Waals surface area contributed by atoms with Crippen LogP contribution in [0.2, 0.25) is 0 Å². The van der Waals surface area contributed by atoms with Crippen LogP contribution >= 0.6 is 11.8 Å². The van der Waals surface area contributed by atoms with Crippen molar-refractivity contribution in [1.82, 2.24) is 0 Å². The Bertz CT molecular complexity index is 701. The summed E-state index contributed by atoms with van der Waals surface area (Å²) in [7, 11) is 0. The molecule has 2 nitrogen and oxygen atoms in total. The zero-order chi connectivity index (χ0) is 15.9. The summed E-state index contributed by atoms with van der Waals surface area (Å²) in [5.41, 5.74) is 4.71. The minimum atomic E-state index is 0.492. The van der Waals surface area contributed by atoms with Gasteiger partial charge in [-0.05, 0) is 40.7 Å². The van der Waals surface area contributed by atoms with Gasteiger partial charge in [0.2, 0.25) is 0 Å². The van der Waals surface area contributed by atoms with Gasteiger partial charge in [-0.15, -0.1) is 11.8 Å². The summed E-state index contributed by atoms with van der Waals surface area (Å²) in [6.45, 7) is 1.57. The summed E-state index contributed by atoms with van der Waals surface area (Å²) in [5.74, 6) is 1.42. The Morgan fingerprint density at radius 2 is 1.87 bits per heavy atom. The molecule has 0 radical (unpaired) electrons. The molecule has 3 rings (SSSR count). The van der Waals surface area contributed by atoms with E-state index in [9.17, 15) is 0 Å². The lowest BCUT2D eigenvalue weighted by atomic mass is 9.96. The van der Waals surface area contributed by atoms with Gasteiger partial charge in [0.25, 0.3) is 0 Å². The number of hydrogen-bond donors (Lipinski definition) is 0. The molecule has 0 saturated carbocycles. The number of rotatable bonds is 5. The highest BCUT2D eigenvalue weighted by atomic mass is 32.2. The van der Waals surface area contributed by atoms with E-state index in [0.717, 1.165) is 25.4 Å². The van der Waals surface area contributed by atoms with Gasteiger partial charge in [0.15, 0.2) is 0 Å². The van der Waals surface area contributed by atoms with Gasteiger partial charge in [0, 0.05) is 11.7 Å².